The fourth-order valence-electron chi connectivity index (χ4n) is 0.737. The fraction of sp³-hybridized carbons (Fsp3) is 0.250. The topological polar surface area (TPSA) is 27.7 Å². The van der Waals surface area contributed by atoms with E-state index in [1.54, 1.807) is 0 Å². The van der Waals surface area contributed by atoms with Crippen molar-refractivity contribution in [1.82, 2.24) is 0 Å². The van der Waals surface area contributed by atoms with Crippen LogP contribution in [-0.4, -0.2) is 0 Å². The van der Waals surface area contributed by atoms with Gasteiger partial charge in [0.05, 0.1) is 0 Å². The van der Waals surface area contributed by atoms with Gasteiger partial charge >= 0.3 is 0 Å². The molecule has 1 rings (SSSR count). The molecular formula is C8H9ClN2. The summed E-state index contributed by atoms with van der Waals surface area (Å²) < 4.78 is 1.86. The van der Waals surface area contributed by atoms with E-state index in [9.17, 15) is 0 Å². The molecule has 0 N–H and O–H groups in total. The number of halogens is 1. The number of pyridine rings is 1. The van der Waals surface area contributed by atoms with Crippen molar-refractivity contribution >= 4 is 0 Å². The minimum Gasteiger partial charge on any atom is -1.00 e. The van der Waals surface area contributed by atoms with Crippen molar-refractivity contribution < 1.29 is 17.0 Å². The summed E-state index contributed by atoms with van der Waals surface area (Å²) in [5.74, 6) is 0. The van der Waals surface area contributed by atoms with E-state index < -0.39 is 0 Å². The molecule has 1 heterocycles. The zero-order valence-electron chi connectivity index (χ0n) is 6.24. The first-order valence-electron chi connectivity index (χ1n) is 3.20. The van der Waals surface area contributed by atoms with Gasteiger partial charge in [-0.15, -0.1) is 0 Å². The molecule has 58 valence electrons. The third-order valence-electron chi connectivity index (χ3n) is 1.37. The summed E-state index contributed by atoms with van der Waals surface area (Å²) in [4.78, 5) is 0. The standard InChI is InChI=1S/C8H9N2.ClH/c1-8(7-9)10-5-3-2-4-6-10;/h2-6,8H,1H3;1H/q+1;/p-1. The highest BCUT2D eigenvalue weighted by Crippen LogP contribution is 1.88. The van der Waals surface area contributed by atoms with Crippen molar-refractivity contribution in [2.24, 2.45) is 0 Å². The van der Waals surface area contributed by atoms with Crippen LogP contribution in [0.15, 0.2) is 30.6 Å². The van der Waals surface area contributed by atoms with E-state index in [0.29, 0.717) is 0 Å². The van der Waals surface area contributed by atoms with Gasteiger partial charge < -0.3 is 12.4 Å². The van der Waals surface area contributed by atoms with Gasteiger partial charge in [-0.3, -0.25) is 0 Å². The third-order valence-corrected chi connectivity index (χ3v) is 1.37. The maximum Gasteiger partial charge on any atom is 0.240 e. The second-order valence-electron chi connectivity index (χ2n) is 2.13. The van der Waals surface area contributed by atoms with E-state index in [1.807, 2.05) is 42.1 Å². The molecule has 0 aliphatic carbocycles. The van der Waals surface area contributed by atoms with Gasteiger partial charge in [0, 0.05) is 19.1 Å². The SMILES string of the molecule is CC(C#N)[n+]1ccccc1.[Cl-]. The maximum absolute atomic E-state index is 8.52. The van der Waals surface area contributed by atoms with Crippen LogP contribution < -0.4 is 17.0 Å². The minimum absolute atomic E-state index is 0. The van der Waals surface area contributed by atoms with E-state index in [0.717, 1.165) is 0 Å². The number of hydrogen-bond acceptors (Lipinski definition) is 1. The smallest absolute Gasteiger partial charge is 0.240 e. The molecule has 0 saturated carbocycles. The number of aromatic nitrogens is 1. The zero-order chi connectivity index (χ0) is 7.40. The zero-order valence-corrected chi connectivity index (χ0v) is 6.99. The van der Waals surface area contributed by atoms with Gasteiger partial charge in [-0.2, -0.15) is 9.83 Å². The summed E-state index contributed by atoms with van der Waals surface area (Å²) in [6.45, 7) is 1.86. The average Bonchev–Trinajstić information content (AvgIpc) is 2.05. The lowest BCUT2D eigenvalue weighted by atomic mass is 10.3. The van der Waals surface area contributed by atoms with Crippen molar-refractivity contribution in [3.63, 3.8) is 0 Å². The quantitative estimate of drug-likeness (QED) is 0.449. The molecule has 0 aromatic carbocycles. The van der Waals surface area contributed by atoms with Crippen molar-refractivity contribution in [3.8, 4) is 6.07 Å². The highest BCUT2D eigenvalue weighted by Gasteiger charge is 2.06. The molecule has 11 heavy (non-hydrogen) atoms. The second-order valence-corrected chi connectivity index (χ2v) is 2.13. The fourth-order valence-corrected chi connectivity index (χ4v) is 0.737. The van der Waals surface area contributed by atoms with E-state index in [1.165, 1.54) is 0 Å². The largest absolute Gasteiger partial charge is 1.00 e. The van der Waals surface area contributed by atoms with Crippen molar-refractivity contribution in [2.45, 2.75) is 13.0 Å². The molecular weight excluding hydrogens is 160 g/mol. The molecule has 1 aromatic heterocycles. The van der Waals surface area contributed by atoms with Gasteiger partial charge in [0.2, 0.25) is 6.04 Å². The number of nitriles is 1. The van der Waals surface area contributed by atoms with Crippen LogP contribution in [0, 0.1) is 11.3 Å². The Bertz CT molecular complexity index is 240. The molecule has 0 amide bonds. The molecule has 2 nitrogen and oxygen atoms in total. The predicted octanol–water partition coefficient (Wildman–Crippen LogP) is -1.94. The lowest BCUT2D eigenvalue weighted by Crippen LogP contribution is -3.00. The Morgan fingerprint density at radius 3 is 2.27 bits per heavy atom. The van der Waals surface area contributed by atoms with Crippen LogP contribution in [0.3, 0.4) is 0 Å². The first-order valence-corrected chi connectivity index (χ1v) is 3.20. The van der Waals surface area contributed by atoms with Crippen molar-refractivity contribution in [1.29, 1.82) is 5.26 Å². The van der Waals surface area contributed by atoms with E-state index in [-0.39, 0.29) is 18.4 Å². The molecule has 1 atom stereocenters. The first-order chi connectivity index (χ1) is 4.84. The molecule has 0 aliphatic heterocycles. The van der Waals surface area contributed by atoms with Gasteiger partial charge in [0.15, 0.2) is 12.4 Å². The molecule has 0 radical (unpaired) electrons. The Balaban J connectivity index is 0.000001000. The van der Waals surface area contributed by atoms with Gasteiger partial charge in [0.25, 0.3) is 0 Å². The molecule has 3 heteroatoms. The number of hydrogen-bond donors (Lipinski definition) is 0. The summed E-state index contributed by atoms with van der Waals surface area (Å²) in [5, 5.41) is 8.52. The predicted molar refractivity (Wildman–Crippen MR) is 37.0 cm³/mol. The van der Waals surface area contributed by atoms with Crippen LogP contribution in [-0.2, 0) is 0 Å². The van der Waals surface area contributed by atoms with Gasteiger partial charge in [-0.25, -0.2) is 0 Å². The van der Waals surface area contributed by atoms with Gasteiger partial charge in [0.1, 0.15) is 6.07 Å². The van der Waals surface area contributed by atoms with Crippen molar-refractivity contribution in [3.05, 3.63) is 30.6 Å². The maximum atomic E-state index is 8.52. The van der Waals surface area contributed by atoms with Gasteiger partial charge in [-0.05, 0) is 0 Å². The van der Waals surface area contributed by atoms with Crippen LogP contribution in [0.5, 0.6) is 0 Å². The summed E-state index contributed by atoms with van der Waals surface area (Å²) >= 11 is 0. The molecule has 0 bridgehead atoms. The van der Waals surface area contributed by atoms with E-state index in [2.05, 4.69) is 6.07 Å². The van der Waals surface area contributed by atoms with Crippen LogP contribution >= 0.6 is 0 Å². The molecule has 0 aliphatic rings. The Morgan fingerprint density at radius 2 is 1.82 bits per heavy atom. The van der Waals surface area contributed by atoms with Crippen molar-refractivity contribution in [2.75, 3.05) is 0 Å². The Kier molecular flexibility index (Phi) is 4.24. The normalized spacial score (nSPS) is 10.9. The Labute approximate surface area is 72.5 Å². The summed E-state index contributed by atoms with van der Waals surface area (Å²) in [5.41, 5.74) is 0. The molecule has 0 fully saturated rings. The molecule has 0 spiro atoms. The average molecular weight is 169 g/mol. The summed E-state index contributed by atoms with van der Waals surface area (Å²) in [6.07, 6.45) is 3.77. The summed E-state index contributed by atoms with van der Waals surface area (Å²) in [7, 11) is 0. The Hall–Kier alpha value is -1.07. The van der Waals surface area contributed by atoms with Crippen LogP contribution in [0.25, 0.3) is 0 Å². The lowest BCUT2D eigenvalue weighted by Gasteiger charge is -1.93. The Morgan fingerprint density at radius 1 is 1.27 bits per heavy atom. The van der Waals surface area contributed by atoms with E-state index >= 15 is 0 Å². The molecule has 0 saturated heterocycles. The first kappa shape index (κ1) is 9.93. The number of nitrogens with zero attached hydrogens (tertiary/aromatic N) is 2. The third kappa shape index (κ3) is 2.57. The monoisotopic (exact) mass is 168 g/mol. The van der Waals surface area contributed by atoms with Crippen LogP contribution in [0.2, 0.25) is 0 Å². The van der Waals surface area contributed by atoms with Crippen LogP contribution in [0.4, 0.5) is 0 Å². The summed E-state index contributed by atoms with van der Waals surface area (Å²) in [6, 6.07) is 7.83. The highest BCUT2D eigenvalue weighted by molar-refractivity contribution is 4.85. The number of rotatable bonds is 1. The second kappa shape index (κ2) is 4.70. The molecule has 1 aromatic rings. The van der Waals surface area contributed by atoms with Gasteiger partial charge in [-0.1, -0.05) is 6.07 Å². The lowest BCUT2D eigenvalue weighted by molar-refractivity contribution is -0.706. The van der Waals surface area contributed by atoms with E-state index in [4.69, 9.17) is 5.26 Å². The highest BCUT2D eigenvalue weighted by atomic mass is 35.5. The van der Waals surface area contributed by atoms with Crippen LogP contribution in [0.1, 0.15) is 13.0 Å². The molecule has 1 unspecified atom stereocenters. The minimum atomic E-state index is -0.0683.